The summed E-state index contributed by atoms with van der Waals surface area (Å²) >= 11 is 3.05. The molecule has 7 heteroatoms. The van der Waals surface area contributed by atoms with E-state index in [1.54, 1.807) is 11.0 Å². The number of aliphatic carboxylic acids is 1. The average Bonchev–Trinajstić information content (AvgIpc) is 3.00. The number of halogens is 2. The molecule has 3 rings (SSSR count). The van der Waals surface area contributed by atoms with E-state index in [2.05, 4.69) is 21.2 Å². The van der Waals surface area contributed by atoms with Gasteiger partial charge in [-0.05, 0) is 53.4 Å². The Morgan fingerprint density at radius 1 is 1.38 bits per heavy atom. The van der Waals surface area contributed by atoms with Gasteiger partial charge in [-0.25, -0.2) is 9.18 Å². The van der Waals surface area contributed by atoms with Crippen molar-refractivity contribution in [1.82, 2.24) is 4.90 Å². The lowest BCUT2D eigenvalue weighted by Crippen LogP contribution is -2.40. The highest BCUT2D eigenvalue weighted by Gasteiger charge is 2.51. The van der Waals surface area contributed by atoms with Crippen molar-refractivity contribution in [3.63, 3.8) is 0 Å². The first-order valence-corrected chi connectivity index (χ1v) is 7.54. The smallest absolute Gasteiger partial charge is 0.322 e. The van der Waals surface area contributed by atoms with Crippen LogP contribution in [0.15, 0.2) is 22.7 Å². The molecule has 112 valence electrons. The first-order chi connectivity index (χ1) is 9.97. The molecule has 0 aliphatic carbocycles. The third-order valence-corrected chi connectivity index (χ3v) is 4.90. The van der Waals surface area contributed by atoms with Gasteiger partial charge in [0.05, 0.1) is 10.4 Å². The third-order valence-electron chi connectivity index (χ3n) is 4.26. The van der Waals surface area contributed by atoms with Crippen molar-refractivity contribution in [2.45, 2.75) is 31.3 Å². The molecule has 2 fully saturated rings. The molecule has 0 aromatic heterocycles. The quantitative estimate of drug-likeness (QED) is 0.855. The summed E-state index contributed by atoms with van der Waals surface area (Å²) in [5.74, 6) is -1.80. The van der Waals surface area contributed by atoms with E-state index in [0.29, 0.717) is 23.0 Å². The largest absolute Gasteiger partial charge is 0.481 e. The van der Waals surface area contributed by atoms with Crippen LogP contribution in [0, 0.1) is 11.7 Å². The molecule has 2 aliphatic rings. The summed E-state index contributed by atoms with van der Waals surface area (Å²) in [6, 6.07) is 3.70. The van der Waals surface area contributed by atoms with Crippen molar-refractivity contribution >= 4 is 33.6 Å². The normalized spacial score (nSPS) is 27.0. The zero-order valence-electron chi connectivity index (χ0n) is 11.1. The van der Waals surface area contributed by atoms with E-state index in [9.17, 15) is 19.1 Å². The van der Waals surface area contributed by atoms with Crippen molar-refractivity contribution in [2.75, 3.05) is 5.32 Å². The van der Waals surface area contributed by atoms with E-state index in [-0.39, 0.29) is 18.1 Å². The van der Waals surface area contributed by atoms with Crippen LogP contribution in [0.4, 0.5) is 14.9 Å². The Labute approximate surface area is 129 Å². The maximum absolute atomic E-state index is 13.5. The van der Waals surface area contributed by atoms with Gasteiger partial charge in [0, 0.05) is 17.8 Å². The second kappa shape index (κ2) is 5.29. The number of amides is 2. The van der Waals surface area contributed by atoms with E-state index in [1.807, 2.05) is 0 Å². The number of anilines is 1. The molecule has 2 bridgehead atoms. The Morgan fingerprint density at radius 2 is 2.14 bits per heavy atom. The lowest BCUT2D eigenvalue weighted by atomic mass is 9.89. The molecule has 2 amide bonds. The van der Waals surface area contributed by atoms with E-state index < -0.39 is 17.7 Å². The van der Waals surface area contributed by atoms with Crippen LogP contribution in [0.5, 0.6) is 0 Å². The van der Waals surface area contributed by atoms with Gasteiger partial charge in [-0.15, -0.1) is 0 Å². The SMILES string of the molecule is O=C(O)C1CC2CCC1N2C(=O)Nc1ccc(Br)c(F)c1. The van der Waals surface area contributed by atoms with Crippen molar-refractivity contribution in [3.05, 3.63) is 28.5 Å². The fourth-order valence-corrected chi connectivity index (χ4v) is 3.58. The molecule has 1 aromatic carbocycles. The highest BCUT2D eigenvalue weighted by molar-refractivity contribution is 9.10. The fraction of sp³-hybridized carbons (Fsp3) is 0.429. The molecule has 3 atom stereocenters. The molecule has 3 unspecified atom stereocenters. The van der Waals surface area contributed by atoms with E-state index in [1.165, 1.54) is 12.1 Å². The maximum atomic E-state index is 13.5. The average molecular weight is 357 g/mol. The Balaban J connectivity index is 1.74. The zero-order valence-corrected chi connectivity index (χ0v) is 12.6. The number of carboxylic acid groups (broad SMARTS) is 1. The Kier molecular flexibility index (Phi) is 3.61. The monoisotopic (exact) mass is 356 g/mol. The molecule has 0 radical (unpaired) electrons. The molecular weight excluding hydrogens is 343 g/mol. The number of hydrogen-bond acceptors (Lipinski definition) is 2. The first-order valence-electron chi connectivity index (χ1n) is 6.74. The summed E-state index contributed by atoms with van der Waals surface area (Å²) in [4.78, 5) is 25.1. The molecule has 1 aromatic rings. The van der Waals surface area contributed by atoms with Crippen LogP contribution in [-0.2, 0) is 4.79 Å². The standard InChI is InChI=1S/C14H14BrFN2O3/c15-10-3-1-7(5-11(10)16)17-14(21)18-8-2-4-12(18)9(6-8)13(19)20/h1,3,5,8-9,12H,2,4,6H2,(H,17,21)(H,19,20). The summed E-state index contributed by atoms with van der Waals surface area (Å²) < 4.78 is 13.8. The van der Waals surface area contributed by atoms with Gasteiger partial charge < -0.3 is 15.3 Å². The number of carbonyl (C=O) groups excluding carboxylic acids is 1. The topological polar surface area (TPSA) is 69.6 Å². The molecular formula is C14H14BrFN2O3. The lowest BCUT2D eigenvalue weighted by molar-refractivity contribution is -0.142. The summed E-state index contributed by atoms with van der Waals surface area (Å²) in [5, 5.41) is 11.8. The van der Waals surface area contributed by atoms with Gasteiger partial charge in [0.25, 0.3) is 0 Å². The number of carbonyl (C=O) groups is 2. The van der Waals surface area contributed by atoms with Gasteiger partial charge in [-0.2, -0.15) is 0 Å². The van der Waals surface area contributed by atoms with Crippen LogP contribution in [-0.4, -0.2) is 34.1 Å². The fourth-order valence-electron chi connectivity index (χ4n) is 3.33. The molecule has 0 spiro atoms. The summed E-state index contributed by atoms with van der Waals surface area (Å²) in [6.45, 7) is 0. The number of hydrogen-bond donors (Lipinski definition) is 2. The van der Waals surface area contributed by atoms with Crippen molar-refractivity contribution in [2.24, 2.45) is 5.92 Å². The lowest BCUT2D eigenvalue weighted by Gasteiger charge is -2.23. The van der Waals surface area contributed by atoms with Gasteiger partial charge in [0.1, 0.15) is 5.82 Å². The van der Waals surface area contributed by atoms with Crippen LogP contribution >= 0.6 is 15.9 Å². The van der Waals surface area contributed by atoms with E-state index in [0.717, 1.165) is 6.42 Å². The van der Waals surface area contributed by atoms with Gasteiger partial charge in [-0.3, -0.25) is 4.79 Å². The van der Waals surface area contributed by atoms with Crippen LogP contribution in [0.1, 0.15) is 19.3 Å². The molecule has 0 saturated carbocycles. The number of nitrogens with zero attached hydrogens (tertiary/aromatic N) is 1. The minimum atomic E-state index is -0.852. The van der Waals surface area contributed by atoms with Gasteiger partial charge >= 0.3 is 12.0 Å². The van der Waals surface area contributed by atoms with E-state index >= 15 is 0 Å². The molecule has 2 N–H and O–H groups in total. The van der Waals surface area contributed by atoms with Crippen molar-refractivity contribution in [3.8, 4) is 0 Å². The number of rotatable bonds is 2. The molecule has 5 nitrogen and oxygen atoms in total. The second-order valence-electron chi connectivity index (χ2n) is 5.45. The molecule has 2 saturated heterocycles. The Morgan fingerprint density at radius 3 is 2.76 bits per heavy atom. The summed E-state index contributed by atoms with van der Waals surface area (Å²) in [6.07, 6.45) is 2.04. The highest BCUT2D eigenvalue weighted by Crippen LogP contribution is 2.42. The van der Waals surface area contributed by atoms with Crippen molar-refractivity contribution in [1.29, 1.82) is 0 Å². The molecule has 2 aliphatic heterocycles. The number of carboxylic acids is 1. The van der Waals surface area contributed by atoms with Gasteiger partial charge in [0.15, 0.2) is 0 Å². The van der Waals surface area contributed by atoms with Crippen LogP contribution in [0.3, 0.4) is 0 Å². The highest BCUT2D eigenvalue weighted by atomic mass is 79.9. The number of benzene rings is 1. The summed E-state index contributed by atoms with van der Waals surface area (Å²) in [5.41, 5.74) is 0.360. The van der Waals surface area contributed by atoms with Gasteiger partial charge in [0.2, 0.25) is 0 Å². The predicted molar refractivity (Wildman–Crippen MR) is 77.5 cm³/mol. The zero-order chi connectivity index (χ0) is 15.1. The predicted octanol–water partition coefficient (Wildman–Crippen LogP) is 3.06. The van der Waals surface area contributed by atoms with Gasteiger partial charge in [-0.1, -0.05) is 0 Å². The third kappa shape index (κ3) is 2.50. The van der Waals surface area contributed by atoms with Crippen LogP contribution in [0.2, 0.25) is 0 Å². The minimum absolute atomic E-state index is 0.0311. The van der Waals surface area contributed by atoms with E-state index in [4.69, 9.17) is 0 Å². The summed E-state index contributed by atoms with van der Waals surface area (Å²) in [7, 11) is 0. The second-order valence-corrected chi connectivity index (χ2v) is 6.30. The number of fused-ring (bicyclic) bond motifs is 2. The Hall–Kier alpha value is -1.63. The van der Waals surface area contributed by atoms with Crippen molar-refractivity contribution < 1.29 is 19.1 Å². The maximum Gasteiger partial charge on any atom is 0.322 e. The Bertz CT molecular complexity index is 610. The minimum Gasteiger partial charge on any atom is -0.481 e. The number of urea groups is 1. The molecule has 2 heterocycles. The molecule has 21 heavy (non-hydrogen) atoms. The van der Waals surface area contributed by atoms with Crippen LogP contribution in [0.25, 0.3) is 0 Å². The number of nitrogens with one attached hydrogen (secondary N) is 1. The van der Waals surface area contributed by atoms with Crippen LogP contribution < -0.4 is 5.32 Å². The first kappa shape index (κ1) is 14.3.